The molecule has 0 aliphatic heterocycles. The molecule has 26 heavy (non-hydrogen) atoms. The molecule has 0 bridgehead atoms. The first kappa shape index (κ1) is 18.6. The smallest absolute Gasteiger partial charge is 0.341 e. The number of Topliss-reactive ketones (excluding diaryl/α,β-unsaturated/α-hetero) is 1. The molecule has 2 aromatic heterocycles. The SMILES string of the molecule is COC(=O)c1c(NC(=O)c2sc3ccccc3c2Cl)sc(C(C)=O)c1C. The number of benzene rings is 1. The number of ketones is 1. The molecule has 8 heteroatoms. The summed E-state index contributed by atoms with van der Waals surface area (Å²) >= 11 is 8.66. The second kappa shape index (κ2) is 7.19. The lowest BCUT2D eigenvalue weighted by molar-refractivity contribution is 0.0601. The van der Waals surface area contributed by atoms with Gasteiger partial charge in [-0.25, -0.2) is 4.79 Å². The normalized spacial score (nSPS) is 10.8. The Balaban J connectivity index is 2.03. The summed E-state index contributed by atoms with van der Waals surface area (Å²) in [5.74, 6) is -1.22. The van der Waals surface area contributed by atoms with E-state index in [-0.39, 0.29) is 16.3 Å². The number of carbonyl (C=O) groups is 3. The molecule has 0 aliphatic carbocycles. The molecule has 0 radical (unpaired) electrons. The number of methoxy groups -OCH3 is 1. The van der Waals surface area contributed by atoms with E-state index in [1.807, 2.05) is 24.3 Å². The molecule has 1 N–H and O–H groups in total. The fourth-order valence-corrected chi connectivity index (χ4v) is 5.10. The van der Waals surface area contributed by atoms with Crippen LogP contribution in [0.5, 0.6) is 0 Å². The van der Waals surface area contributed by atoms with Gasteiger partial charge in [0.1, 0.15) is 9.88 Å². The van der Waals surface area contributed by atoms with Crippen molar-refractivity contribution in [2.45, 2.75) is 13.8 Å². The number of ether oxygens (including phenoxy) is 1. The fourth-order valence-electron chi connectivity index (χ4n) is 2.61. The number of halogens is 1. The van der Waals surface area contributed by atoms with E-state index in [0.717, 1.165) is 21.4 Å². The van der Waals surface area contributed by atoms with E-state index >= 15 is 0 Å². The highest BCUT2D eigenvalue weighted by Gasteiger charge is 2.26. The van der Waals surface area contributed by atoms with E-state index in [2.05, 4.69) is 5.32 Å². The van der Waals surface area contributed by atoms with Gasteiger partial charge in [0.05, 0.1) is 22.6 Å². The van der Waals surface area contributed by atoms with Crippen LogP contribution in [-0.4, -0.2) is 24.8 Å². The number of nitrogens with one attached hydrogen (secondary N) is 1. The number of esters is 1. The van der Waals surface area contributed by atoms with Gasteiger partial charge in [0.25, 0.3) is 5.91 Å². The van der Waals surface area contributed by atoms with Crippen LogP contribution in [0.1, 0.15) is 42.2 Å². The molecule has 0 aliphatic rings. The van der Waals surface area contributed by atoms with Crippen LogP contribution in [0.25, 0.3) is 10.1 Å². The van der Waals surface area contributed by atoms with Gasteiger partial charge in [0.15, 0.2) is 5.78 Å². The lowest BCUT2D eigenvalue weighted by Crippen LogP contribution is -2.13. The highest BCUT2D eigenvalue weighted by Crippen LogP contribution is 2.38. The highest BCUT2D eigenvalue weighted by atomic mass is 35.5. The number of amides is 1. The quantitative estimate of drug-likeness (QED) is 0.478. The summed E-state index contributed by atoms with van der Waals surface area (Å²) in [5, 5.41) is 4.15. The molecule has 0 saturated heterocycles. The number of carbonyl (C=O) groups excluding carboxylic acids is 3. The summed E-state index contributed by atoms with van der Waals surface area (Å²) < 4.78 is 5.68. The summed E-state index contributed by atoms with van der Waals surface area (Å²) in [6.07, 6.45) is 0. The molecule has 3 aromatic rings. The first-order chi connectivity index (χ1) is 12.3. The Kier molecular flexibility index (Phi) is 5.13. The number of hydrogen-bond acceptors (Lipinski definition) is 6. The van der Waals surface area contributed by atoms with Crippen molar-refractivity contribution in [3.8, 4) is 0 Å². The molecule has 0 atom stereocenters. The maximum absolute atomic E-state index is 12.7. The average molecular weight is 408 g/mol. The van der Waals surface area contributed by atoms with Crippen LogP contribution in [0, 0.1) is 6.92 Å². The number of anilines is 1. The van der Waals surface area contributed by atoms with Crippen molar-refractivity contribution in [1.29, 1.82) is 0 Å². The van der Waals surface area contributed by atoms with E-state index in [9.17, 15) is 14.4 Å². The minimum atomic E-state index is -0.607. The van der Waals surface area contributed by atoms with E-state index in [4.69, 9.17) is 16.3 Å². The van der Waals surface area contributed by atoms with Gasteiger partial charge in [-0.2, -0.15) is 0 Å². The van der Waals surface area contributed by atoms with E-state index in [1.165, 1.54) is 25.4 Å². The van der Waals surface area contributed by atoms with Gasteiger partial charge in [-0.1, -0.05) is 29.8 Å². The molecule has 2 heterocycles. The van der Waals surface area contributed by atoms with E-state index in [0.29, 0.717) is 20.3 Å². The number of rotatable bonds is 4. The predicted octanol–water partition coefficient (Wildman–Crippen LogP) is 5.17. The maximum atomic E-state index is 12.7. The number of thiophene rings is 2. The predicted molar refractivity (Wildman–Crippen MR) is 105 cm³/mol. The standard InChI is InChI=1S/C18H14ClNO4S2/c1-8-12(18(23)24-3)17(26-14(8)9(2)21)20-16(22)15-13(19)10-6-4-5-7-11(10)25-15/h4-7H,1-3H3,(H,20,22). The van der Waals surface area contributed by atoms with Gasteiger partial charge in [0, 0.05) is 10.1 Å². The summed E-state index contributed by atoms with van der Waals surface area (Å²) in [6, 6.07) is 7.44. The monoisotopic (exact) mass is 407 g/mol. The molecular weight excluding hydrogens is 394 g/mol. The first-order valence-electron chi connectivity index (χ1n) is 7.56. The zero-order valence-electron chi connectivity index (χ0n) is 14.1. The maximum Gasteiger partial charge on any atom is 0.341 e. The van der Waals surface area contributed by atoms with Crippen molar-refractivity contribution in [3.63, 3.8) is 0 Å². The minimum Gasteiger partial charge on any atom is -0.465 e. The zero-order valence-corrected chi connectivity index (χ0v) is 16.5. The van der Waals surface area contributed by atoms with Crippen LogP contribution < -0.4 is 5.32 Å². The Morgan fingerprint density at radius 1 is 1.12 bits per heavy atom. The molecular formula is C18H14ClNO4S2. The average Bonchev–Trinajstić information content (AvgIpc) is 3.12. The lowest BCUT2D eigenvalue weighted by atomic mass is 10.1. The molecule has 0 spiro atoms. The third-order valence-corrected chi connectivity index (χ3v) is 6.81. The number of fused-ring (bicyclic) bond motifs is 1. The molecule has 1 amide bonds. The summed E-state index contributed by atoms with van der Waals surface area (Å²) in [6.45, 7) is 3.07. The van der Waals surface area contributed by atoms with Crippen LogP contribution in [0.3, 0.4) is 0 Å². The van der Waals surface area contributed by atoms with Crippen molar-refractivity contribution in [3.05, 3.63) is 50.2 Å². The van der Waals surface area contributed by atoms with E-state index < -0.39 is 11.9 Å². The van der Waals surface area contributed by atoms with Gasteiger partial charge in [-0.3, -0.25) is 9.59 Å². The van der Waals surface area contributed by atoms with Crippen LogP contribution in [0.4, 0.5) is 5.00 Å². The first-order valence-corrected chi connectivity index (χ1v) is 9.57. The van der Waals surface area contributed by atoms with Crippen LogP contribution in [-0.2, 0) is 4.74 Å². The third kappa shape index (κ3) is 3.13. The van der Waals surface area contributed by atoms with Gasteiger partial charge >= 0.3 is 5.97 Å². The Hall–Kier alpha value is -2.22. The van der Waals surface area contributed by atoms with Gasteiger partial charge < -0.3 is 10.1 Å². The Bertz CT molecular complexity index is 1050. The summed E-state index contributed by atoms with van der Waals surface area (Å²) in [5.41, 5.74) is 0.681. The second-order valence-electron chi connectivity index (χ2n) is 5.50. The summed E-state index contributed by atoms with van der Waals surface area (Å²) in [4.78, 5) is 37.4. The zero-order chi connectivity index (χ0) is 19.0. The van der Waals surface area contributed by atoms with Gasteiger partial charge in [0.2, 0.25) is 0 Å². The van der Waals surface area contributed by atoms with Crippen LogP contribution in [0.2, 0.25) is 5.02 Å². The molecule has 0 fully saturated rings. The Morgan fingerprint density at radius 3 is 2.42 bits per heavy atom. The van der Waals surface area contributed by atoms with Crippen molar-refractivity contribution >= 4 is 67.0 Å². The highest BCUT2D eigenvalue weighted by molar-refractivity contribution is 7.22. The van der Waals surface area contributed by atoms with Crippen LogP contribution in [0.15, 0.2) is 24.3 Å². The lowest BCUT2D eigenvalue weighted by Gasteiger charge is -2.05. The third-order valence-electron chi connectivity index (χ3n) is 3.82. The van der Waals surface area contributed by atoms with Crippen molar-refractivity contribution in [2.75, 3.05) is 12.4 Å². The number of hydrogen-bond donors (Lipinski definition) is 1. The Labute approximate surface area is 162 Å². The Morgan fingerprint density at radius 2 is 1.81 bits per heavy atom. The van der Waals surface area contributed by atoms with Gasteiger partial charge in [-0.15, -0.1) is 22.7 Å². The van der Waals surface area contributed by atoms with E-state index in [1.54, 1.807) is 6.92 Å². The minimum absolute atomic E-state index is 0.182. The largest absolute Gasteiger partial charge is 0.465 e. The second-order valence-corrected chi connectivity index (χ2v) is 7.95. The van der Waals surface area contributed by atoms with Gasteiger partial charge in [-0.05, 0) is 25.5 Å². The molecule has 5 nitrogen and oxygen atoms in total. The van der Waals surface area contributed by atoms with Crippen LogP contribution >= 0.6 is 34.3 Å². The van der Waals surface area contributed by atoms with Crippen molar-refractivity contribution < 1.29 is 19.1 Å². The molecule has 0 saturated carbocycles. The molecule has 1 aromatic carbocycles. The topological polar surface area (TPSA) is 72.5 Å². The molecule has 0 unspecified atom stereocenters. The fraction of sp³-hybridized carbons (Fsp3) is 0.167. The summed E-state index contributed by atoms with van der Waals surface area (Å²) in [7, 11) is 1.25. The molecule has 134 valence electrons. The van der Waals surface area contributed by atoms with Crippen molar-refractivity contribution in [1.82, 2.24) is 0 Å². The molecule has 3 rings (SSSR count). The van der Waals surface area contributed by atoms with Crippen molar-refractivity contribution in [2.24, 2.45) is 0 Å².